The smallest absolute Gasteiger partial charge is 0.308 e. The van der Waals surface area contributed by atoms with Gasteiger partial charge in [-0.25, -0.2) is 0 Å². The molecule has 0 aromatic carbocycles. The molecule has 4 atom stereocenters. The Morgan fingerprint density at radius 2 is 1.91 bits per heavy atom. The van der Waals surface area contributed by atoms with Gasteiger partial charge in [0.05, 0.1) is 13.0 Å². The lowest BCUT2D eigenvalue weighted by Gasteiger charge is -2.49. The van der Waals surface area contributed by atoms with Crippen molar-refractivity contribution in [2.75, 3.05) is 33.3 Å². The van der Waals surface area contributed by atoms with Gasteiger partial charge in [0.25, 0.3) is 0 Å². The summed E-state index contributed by atoms with van der Waals surface area (Å²) in [6.45, 7) is 11.6. The zero-order chi connectivity index (χ0) is 15.9. The number of hydrogen-bond acceptors (Lipinski definition) is 4. The van der Waals surface area contributed by atoms with Crippen molar-refractivity contribution in [3.05, 3.63) is 0 Å². The van der Waals surface area contributed by atoms with Crippen molar-refractivity contribution in [3.63, 3.8) is 0 Å². The summed E-state index contributed by atoms with van der Waals surface area (Å²) >= 11 is 0. The lowest BCUT2D eigenvalue weighted by Crippen LogP contribution is -2.57. The first-order chi connectivity index (χ1) is 10.5. The number of rotatable bonds is 5. The van der Waals surface area contributed by atoms with E-state index in [4.69, 9.17) is 4.74 Å². The van der Waals surface area contributed by atoms with Gasteiger partial charge < -0.3 is 4.74 Å². The Balaban J connectivity index is 1.77. The number of carbonyl (C=O) groups excluding carboxylic acids is 1. The van der Waals surface area contributed by atoms with Gasteiger partial charge in [0.2, 0.25) is 0 Å². The molecule has 0 radical (unpaired) electrons. The average molecular weight is 308 g/mol. The van der Waals surface area contributed by atoms with Gasteiger partial charge >= 0.3 is 5.97 Å². The van der Waals surface area contributed by atoms with Crippen molar-refractivity contribution in [1.29, 1.82) is 0 Å². The second kappa shape index (κ2) is 6.48. The highest BCUT2D eigenvalue weighted by molar-refractivity contribution is 5.71. The van der Waals surface area contributed by atoms with E-state index < -0.39 is 0 Å². The van der Waals surface area contributed by atoms with Crippen LogP contribution in [0.1, 0.15) is 40.0 Å². The van der Waals surface area contributed by atoms with E-state index in [0.29, 0.717) is 18.0 Å². The molecule has 0 aromatic rings. The molecule has 4 aliphatic rings. The number of hydrogen-bond donors (Lipinski definition) is 0. The normalized spacial score (nSPS) is 39.0. The highest BCUT2D eigenvalue weighted by Gasteiger charge is 2.52. The van der Waals surface area contributed by atoms with Crippen LogP contribution in [0.2, 0.25) is 0 Å². The summed E-state index contributed by atoms with van der Waals surface area (Å²) < 4.78 is 4.97. The summed E-state index contributed by atoms with van der Waals surface area (Å²) in [6.07, 6.45) is 3.72. The standard InChI is InChI=1S/C18H32N2O2/c1-12(2)10-20-11-15-14-5-7-19(8-6-14)17(15)16(20)9-13(3)18(21)22-4/h12-17H,5-11H2,1-4H3. The van der Waals surface area contributed by atoms with E-state index in [1.807, 2.05) is 6.92 Å². The maximum atomic E-state index is 11.9. The predicted molar refractivity (Wildman–Crippen MR) is 87.6 cm³/mol. The first kappa shape index (κ1) is 16.3. The van der Waals surface area contributed by atoms with Gasteiger partial charge in [0.1, 0.15) is 0 Å². The molecule has 0 spiro atoms. The molecule has 2 bridgehead atoms. The van der Waals surface area contributed by atoms with Crippen LogP contribution < -0.4 is 0 Å². The summed E-state index contributed by atoms with van der Waals surface area (Å²) in [5.41, 5.74) is 0. The van der Waals surface area contributed by atoms with Crippen molar-refractivity contribution in [2.24, 2.45) is 23.7 Å². The Morgan fingerprint density at radius 1 is 1.23 bits per heavy atom. The van der Waals surface area contributed by atoms with E-state index in [1.54, 1.807) is 0 Å². The van der Waals surface area contributed by atoms with Crippen LogP contribution in [0.25, 0.3) is 0 Å². The fourth-order valence-electron chi connectivity index (χ4n) is 5.23. The fraction of sp³-hybridized carbons (Fsp3) is 0.944. The number of methoxy groups -OCH3 is 1. The van der Waals surface area contributed by atoms with Crippen LogP contribution in [0.3, 0.4) is 0 Å². The second-order valence-corrected chi connectivity index (χ2v) is 8.10. The van der Waals surface area contributed by atoms with Gasteiger partial charge in [-0.2, -0.15) is 0 Å². The van der Waals surface area contributed by atoms with Crippen LogP contribution in [0, 0.1) is 23.7 Å². The first-order valence-corrected chi connectivity index (χ1v) is 9.07. The van der Waals surface area contributed by atoms with Crippen LogP contribution in [-0.2, 0) is 9.53 Å². The molecule has 4 heteroatoms. The molecule has 0 N–H and O–H groups in total. The molecule has 4 rings (SSSR count). The maximum absolute atomic E-state index is 11.9. The lowest BCUT2D eigenvalue weighted by atomic mass is 9.73. The van der Waals surface area contributed by atoms with Crippen LogP contribution in [-0.4, -0.2) is 61.1 Å². The van der Waals surface area contributed by atoms with Crippen molar-refractivity contribution < 1.29 is 9.53 Å². The Labute approximate surface area is 135 Å². The summed E-state index contributed by atoms with van der Waals surface area (Å²) in [5, 5.41) is 0. The van der Waals surface area contributed by atoms with E-state index in [0.717, 1.165) is 24.8 Å². The lowest BCUT2D eigenvalue weighted by molar-refractivity contribution is -0.145. The zero-order valence-electron chi connectivity index (χ0n) is 14.6. The summed E-state index contributed by atoms with van der Waals surface area (Å²) in [6, 6.07) is 1.21. The second-order valence-electron chi connectivity index (χ2n) is 8.10. The number of piperidine rings is 3. The van der Waals surface area contributed by atoms with Crippen molar-refractivity contribution in [3.8, 4) is 0 Å². The number of esters is 1. The van der Waals surface area contributed by atoms with Gasteiger partial charge in [-0.15, -0.1) is 0 Å². The Morgan fingerprint density at radius 3 is 2.50 bits per heavy atom. The van der Waals surface area contributed by atoms with E-state index in [1.165, 1.54) is 39.6 Å². The van der Waals surface area contributed by atoms with Crippen LogP contribution >= 0.6 is 0 Å². The quantitative estimate of drug-likeness (QED) is 0.729. The molecule has 0 aromatic heterocycles. The third-order valence-corrected chi connectivity index (χ3v) is 6.15. The molecule has 126 valence electrons. The monoisotopic (exact) mass is 308 g/mol. The van der Waals surface area contributed by atoms with Gasteiger partial charge in [-0.3, -0.25) is 14.6 Å². The minimum Gasteiger partial charge on any atom is -0.469 e. The van der Waals surface area contributed by atoms with Crippen LogP contribution in [0.4, 0.5) is 0 Å². The topological polar surface area (TPSA) is 32.8 Å². The van der Waals surface area contributed by atoms with E-state index in [9.17, 15) is 4.79 Å². The molecule has 4 saturated heterocycles. The predicted octanol–water partition coefficient (Wildman–Crippen LogP) is 2.24. The minimum atomic E-state index is -0.0519. The van der Waals surface area contributed by atoms with Crippen molar-refractivity contribution in [1.82, 2.24) is 9.80 Å². The van der Waals surface area contributed by atoms with E-state index >= 15 is 0 Å². The van der Waals surface area contributed by atoms with Crippen molar-refractivity contribution >= 4 is 5.97 Å². The molecular formula is C18H32N2O2. The molecule has 4 unspecified atom stereocenters. The molecular weight excluding hydrogens is 276 g/mol. The Hall–Kier alpha value is -0.610. The number of ether oxygens (including phenoxy) is 1. The maximum Gasteiger partial charge on any atom is 0.308 e. The first-order valence-electron chi connectivity index (χ1n) is 9.07. The highest BCUT2D eigenvalue weighted by atomic mass is 16.5. The largest absolute Gasteiger partial charge is 0.469 e. The molecule has 22 heavy (non-hydrogen) atoms. The Kier molecular flexibility index (Phi) is 4.79. The number of fused-ring (bicyclic) bond motifs is 2. The molecule has 4 nitrogen and oxygen atoms in total. The average Bonchev–Trinajstić information content (AvgIpc) is 2.87. The number of carbonyl (C=O) groups is 1. The van der Waals surface area contributed by atoms with Crippen LogP contribution in [0.15, 0.2) is 0 Å². The van der Waals surface area contributed by atoms with Gasteiger partial charge in [0, 0.05) is 25.2 Å². The highest BCUT2D eigenvalue weighted by Crippen LogP contribution is 2.45. The van der Waals surface area contributed by atoms with E-state index in [-0.39, 0.29) is 11.9 Å². The fourth-order valence-corrected chi connectivity index (χ4v) is 5.23. The molecule has 0 aliphatic carbocycles. The Bertz CT molecular complexity index is 404. The van der Waals surface area contributed by atoms with Crippen LogP contribution in [0.5, 0.6) is 0 Å². The van der Waals surface area contributed by atoms with Gasteiger partial charge in [0.15, 0.2) is 0 Å². The molecule has 4 heterocycles. The van der Waals surface area contributed by atoms with Gasteiger partial charge in [-0.1, -0.05) is 20.8 Å². The molecule has 0 saturated carbocycles. The van der Waals surface area contributed by atoms with E-state index in [2.05, 4.69) is 23.6 Å². The number of likely N-dealkylation sites (tertiary alicyclic amines) is 1. The van der Waals surface area contributed by atoms with Crippen molar-refractivity contribution in [2.45, 2.75) is 52.1 Å². The minimum absolute atomic E-state index is 0.00469. The molecule has 0 amide bonds. The SMILES string of the molecule is COC(=O)C(C)CC1C2C(CN1CC(C)C)C1CCN2CC1. The summed E-state index contributed by atoms with van der Waals surface area (Å²) in [7, 11) is 1.51. The third kappa shape index (κ3) is 2.92. The summed E-state index contributed by atoms with van der Waals surface area (Å²) in [4.78, 5) is 17.3. The zero-order valence-corrected chi connectivity index (χ0v) is 14.6. The third-order valence-electron chi connectivity index (χ3n) is 6.15. The molecule has 4 fully saturated rings. The van der Waals surface area contributed by atoms with Gasteiger partial charge in [-0.05, 0) is 50.1 Å². The molecule has 4 aliphatic heterocycles. The summed E-state index contributed by atoms with van der Waals surface area (Å²) in [5.74, 6) is 2.39. The number of nitrogens with zero attached hydrogens (tertiary/aromatic N) is 2.